The molecule has 0 aromatic rings. The first-order valence-corrected chi connectivity index (χ1v) is 5.62. The minimum atomic E-state index is 0.756. The molecule has 1 radical (unpaired) electrons. The van der Waals surface area contributed by atoms with Gasteiger partial charge >= 0.3 is 0 Å². The summed E-state index contributed by atoms with van der Waals surface area (Å²) in [7, 11) is 0. The molecule has 63 valence electrons. The molecule has 0 aromatic heterocycles. The molecule has 0 spiro atoms. The molecule has 11 heavy (non-hydrogen) atoms. The molecule has 2 saturated heterocycles. The second kappa shape index (κ2) is 3.81. The van der Waals surface area contributed by atoms with Crippen molar-refractivity contribution in [3.8, 4) is 0 Å². The fraction of sp³-hybridized carbons (Fsp3) is 0.889. The minimum Gasteiger partial charge on any atom is -0.371 e. The van der Waals surface area contributed by atoms with Crippen LogP contribution in [0.1, 0.15) is 32.1 Å². The van der Waals surface area contributed by atoms with Gasteiger partial charge in [0.1, 0.15) is 6.10 Å². The van der Waals surface area contributed by atoms with Gasteiger partial charge in [0.15, 0.2) is 0 Å². The van der Waals surface area contributed by atoms with Gasteiger partial charge in [-0.05, 0) is 31.4 Å². The summed E-state index contributed by atoms with van der Waals surface area (Å²) in [6.07, 6.45) is 8.07. The Morgan fingerprint density at radius 1 is 1.27 bits per heavy atom. The number of ether oxygens (including phenoxy) is 1. The van der Waals surface area contributed by atoms with Gasteiger partial charge in [-0.1, -0.05) is 6.42 Å². The van der Waals surface area contributed by atoms with E-state index in [1.807, 2.05) is 0 Å². The Morgan fingerprint density at radius 3 is 2.91 bits per heavy atom. The van der Waals surface area contributed by atoms with E-state index in [0.29, 0.717) is 0 Å². The Bertz CT molecular complexity index is 115. The van der Waals surface area contributed by atoms with Crippen LogP contribution in [0.2, 0.25) is 0 Å². The molecule has 2 fully saturated rings. The van der Waals surface area contributed by atoms with E-state index in [4.69, 9.17) is 4.74 Å². The van der Waals surface area contributed by atoms with Gasteiger partial charge in [-0.15, -0.1) is 0 Å². The van der Waals surface area contributed by atoms with Crippen molar-refractivity contribution < 1.29 is 4.74 Å². The van der Waals surface area contributed by atoms with Crippen LogP contribution in [0.4, 0.5) is 0 Å². The molecule has 0 N–H and O–H groups in total. The molecule has 0 saturated carbocycles. The molecule has 2 rings (SSSR count). The second-order valence-electron chi connectivity index (χ2n) is 3.27. The zero-order valence-corrected chi connectivity index (χ0v) is 7.66. The van der Waals surface area contributed by atoms with Crippen LogP contribution in [0, 0.1) is 6.10 Å². The SMILES string of the molecule is C1CCC([C]2CCCO2)SC1. The van der Waals surface area contributed by atoms with Crippen LogP contribution >= 0.6 is 11.8 Å². The third-order valence-corrected chi connectivity index (χ3v) is 3.82. The number of thioether (sulfide) groups is 1. The Morgan fingerprint density at radius 2 is 2.27 bits per heavy atom. The Labute approximate surface area is 72.9 Å². The highest BCUT2D eigenvalue weighted by atomic mass is 32.2. The van der Waals surface area contributed by atoms with Crippen LogP contribution in [-0.2, 0) is 4.74 Å². The summed E-state index contributed by atoms with van der Waals surface area (Å²) in [4.78, 5) is 0. The van der Waals surface area contributed by atoms with Crippen LogP contribution < -0.4 is 0 Å². The molecular weight excluding hydrogens is 156 g/mol. The van der Waals surface area contributed by atoms with Gasteiger partial charge in [-0.3, -0.25) is 0 Å². The van der Waals surface area contributed by atoms with Gasteiger partial charge in [0.2, 0.25) is 0 Å². The topological polar surface area (TPSA) is 9.23 Å². The quantitative estimate of drug-likeness (QED) is 0.600. The lowest BCUT2D eigenvalue weighted by atomic mass is 10.1. The standard InChI is InChI=1S/C9H15OS/c1-2-7-11-9(5-1)8-4-3-6-10-8/h9H,1-7H2. The lowest BCUT2D eigenvalue weighted by Crippen LogP contribution is -2.17. The van der Waals surface area contributed by atoms with Gasteiger partial charge in [-0.2, -0.15) is 11.8 Å². The largest absolute Gasteiger partial charge is 0.371 e. The van der Waals surface area contributed by atoms with Crippen LogP contribution in [0.5, 0.6) is 0 Å². The molecule has 2 aliphatic heterocycles. The molecule has 2 aliphatic rings. The maximum absolute atomic E-state index is 5.59. The summed E-state index contributed by atoms with van der Waals surface area (Å²) < 4.78 is 5.59. The zero-order chi connectivity index (χ0) is 7.52. The maximum Gasteiger partial charge on any atom is 0.110 e. The van der Waals surface area contributed by atoms with Gasteiger partial charge in [0.05, 0.1) is 0 Å². The molecule has 2 heterocycles. The second-order valence-corrected chi connectivity index (χ2v) is 4.58. The molecule has 1 atom stereocenters. The third-order valence-electron chi connectivity index (χ3n) is 2.39. The fourth-order valence-corrected chi connectivity index (χ4v) is 3.13. The van der Waals surface area contributed by atoms with E-state index in [9.17, 15) is 0 Å². The smallest absolute Gasteiger partial charge is 0.110 e. The number of rotatable bonds is 1. The minimum absolute atomic E-state index is 0.756. The summed E-state index contributed by atoms with van der Waals surface area (Å²) in [5, 5.41) is 0.756. The van der Waals surface area contributed by atoms with E-state index in [2.05, 4.69) is 11.8 Å². The number of hydrogen-bond acceptors (Lipinski definition) is 2. The molecule has 1 nitrogen and oxygen atoms in total. The highest BCUT2D eigenvalue weighted by molar-refractivity contribution is 8.00. The van der Waals surface area contributed by atoms with Crippen molar-refractivity contribution >= 4 is 11.8 Å². The molecule has 0 aliphatic carbocycles. The van der Waals surface area contributed by atoms with E-state index in [0.717, 1.165) is 11.9 Å². The van der Waals surface area contributed by atoms with Gasteiger partial charge < -0.3 is 4.74 Å². The van der Waals surface area contributed by atoms with Crippen molar-refractivity contribution in [3.05, 3.63) is 6.10 Å². The van der Waals surface area contributed by atoms with Crippen molar-refractivity contribution in [1.29, 1.82) is 0 Å². The maximum atomic E-state index is 5.59. The van der Waals surface area contributed by atoms with E-state index in [1.165, 1.54) is 44.0 Å². The van der Waals surface area contributed by atoms with E-state index in [-0.39, 0.29) is 0 Å². The lowest BCUT2D eigenvalue weighted by Gasteiger charge is -2.24. The average molecular weight is 171 g/mol. The fourth-order valence-electron chi connectivity index (χ4n) is 1.77. The highest BCUT2D eigenvalue weighted by Crippen LogP contribution is 2.37. The Balaban J connectivity index is 1.82. The van der Waals surface area contributed by atoms with Crippen molar-refractivity contribution in [3.63, 3.8) is 0 Å². The van der Waals surface area contributed by atoms with Crippen molar-refractivity contribution in [2.45, 2.75) is 37.4 Å². The third kappa shape index (κ3) is 1.91. The van der Waals surface area contributed by atoms with Crippen LogP contribution in [0.15, 0.2) is 0 Å². The normalized spacial score (nSPS) is 34.4. The summed E-state index contributed by atoms with van der Waals surface area (Å²) in [5.41, 5.74) is 0. The highest BCUT2D eigenvalue weighted by Gasteiger charge is 2.28. The van der Waals surface area contributed by atoms with Crippen LogP contribution in [-0.4, -0.2) is 17.6 Å². The molecule has 0 amide bonds. The first-order valence-electron chi connectivity index (χ1n) is 4.57. The number of hydrogen-bond donors (Lipinski definition) is 0. The van der Waals surface area contributed by atoms with Crippen LogP contribution in [0.25, 0.3) is 0 Å². The molecule has 0 bridgehead atoms. The van der Waals surface area contributed by atoms with E-state index >= 15 is 0 Å². The van der Waals surface area contributed by atoms with Crippen molar-refractivity contribution in [2.75, 3.05) is 12.4 Å². The molecule has 0 aromatic carbocycles. The Hall–Kier alpha value is 0.310. The predicted octanol–water partition coefficient (Wildman–Crippen LogP) is 2.61. The summed E-state index contributed by atoms with van der Waals surface area (Å²) in [6.45, 7) is 0.979. The average Bonchev–Trinajstić information content (AvgIpc) is 2.58. The van der Waals surface area contributed by atoms with Crippen molar-refractivity contribution in [1.82, 2.24) is 0 Å². The molecule has 1 unspecified atom stereocenters. The monoisotopic (exact) mass is 171 g/mol. The molecular formula is C9H15OS. The van der Waals surface area contributed by atoms with Crippen molar-refractivity contribution in [2.24, 2.45) is 0 Å². The first kappa shape index (κ1) is 7.93. The Kier molecular flexibility index (Phi) is 2.75. The van der Waals surface area contributed by atoms with Gasteiger partial charge in [0.25, 0.3) is 0 Å². The summed E-state index contributed by atoms with van der Waals surface area (Å²) >= 11 is 2.10. The lowest BCUT2D eigenvalue weighted by molar-refractivity contribution is 0.189. The molecule has 2 heteroatoms. The van der Waals surface area contributed by atoms with E-state index < -0.39 is 0 Å². The first-order chi connectivity index (χ1) is 5.47. The van der Waals surface area contributed by atoms with Gasteiger partial charge in [-0.25, -0.2) is 0 Å². The van der Waals surface area contributed by atoms with Gasteiger partial charge in [0, 0.05) is 11.9 Å². The zero-order valence-electron chi connectivity index (χ0n) is 6.84. The summed E-state index contributed by atoms with van der Waals surface area (Å²) in [5.74, 6) is 1.34. The predicted molar refractivity (Wildman–Crippen MR) is 48.5 cm³/mol. The van der Waals surface area contributed by atoms with E-state index in [1.54, 1.807) is 0 Å². The van der Waals surface area contributed by atoms with Crippen LogP contribution in [0.3, 0.4) is 0 Å². The summed E-state index contributed by atoms with van der Waals surface area (Å²) in [6, 6.07) is 0.